The third-order valence-electron chi connectivity index (χ3n) is 3.60. The molecule has 1 saturated heterocycles. The second-order valence-electron chi connectivity index (χ2n) is 5.57. The second-order valence-corrected chi connectivity index (χ2v) is 5.57. The minimum atomic E-state index is -0.713. The standard InChI is InChI=1S/C15H19FN2O2/c1-8(2)13-15(20)18(10(4)14(19)17-13)12-6-5-9(3)7-11(12)16/h5-8,10,13H,1-4H3,(H,17,19). The lowest BCUT2D eigenvalue weighted by atomic mass is 9.97. The van der Waals surface area contributed by atoms with E-state index in [1.807, 2.05) is 13.8 Å². The molecule has 1 heterocycles. The van der Waals surface area contributed by atoms with E-state index in [0.717, 1.165) is 5.56 Å². The molecule has 108 valence electrons. The van der Waals surface area contributed by atoms with Crippen LogP contribution in [0.4, 0.5) is 10.1 Å². The molecule has 0 spiro atoms. The average Bonchev–Trinajstić information content (AvgIpc) is 2.36. The first kappa shape index (κ1) is 14.5. The fourth-order valence-electron chi connectivity index (χ4n) is 2.38. The second kappa shape index (κ2) is 5.23. The Hall–Kier alpha value is -1.91. The van der Waals surface area contributed by atoms with E-state index in [0.29, 0.717) is 0 Å². The summed E-state index contributed by atoms with van der Waals surface area (Å²) in [4.78, 5) is 25.8. The lowest BCUT2D eigenvalue weighted by Crippen LogP contribution is -2.64. The summed E-state index contributed by atoms with van der Waals surface area (Å²) in [5, 5.41) is 2.69. The number of hydrogen-bond donors (Lipinski definition) is 1. The summed E-state index contributed by atoms with van der Waals surface area (Å²) < 4.78 is 14.1. The van der Waals surface area contributed by atoms with E-state index in [2.05, 4.69) is 5.32 Å². The molecule has 0 radical (unpaired) electrons. The Morgan fingerprint density at radius 2 is 1.95 bits per heavy atom. The summed E-state index contributed by atoms with van der Waals surface area (Å²) >= 11 is 0. The van der Waals surface area contributed by atoms with Gasteiger partial charge in [0.05, 0.1) is 5.69 Å². The molecule has 0 saturated carbocycles. The molecule has 0 aliphatic carbocycles. The van der Waals surface area contributed by atoms with Gasteiger partial charge in [0.15, 0.2) is 0 Å². The van der Waals surface area contributed by atoms with Crippen molar-refractivity contribution in [2.75, 3.05) is 4.90 Å². The predicted molar refractivity (Wildman–Crippen MR) is 74.9 cm³/mol. The summed E-state index contributed by atoms with van der Waals surface area (Å²) in [6.07, 6.45) is 0. The van der Waals surface area contributed by atoms with Gasteiger partial charge in [0, 0.05) is 0 Å². The van der Waals surface area contributed by atoms with Gasteiger partial charge in [0.1, 0.15) is 17.9 Å². The highest BCUT2D eigenvalue weighted by molar-refractivity contribution is 6.08. The Balaban J connectivity index is 2.46. The van der Waals surface area contributed by atoms with E-state index in [1.165, 1.54) is 11.0 Å². The first-order chi connectivity index (χ1) is 9.32. The highest BCUT2D eigenvalue weighted by Crippen LogP contribution is 2.26. The number of anilines is 1. The van der Waals surface area contributed by atoms with Crippen molar-refractivity contribution in [3.8, 4) is 0 Å². The molecule has 1 fully saturated rings. The molecule has 0 bridgehead atoms. The first-order valence-electron chi connectivity index (χ1n) is 6.72. The summed E-state index contributed by atoms with van der Waals surface area (Å²) in [6, 6.07) is 3.32. The topological polar surface area (TPSA) is 49.4 Å². The third kappa shape index (κ3) is 2.40. The minimum absolute atomic E-state index is 0.0463. The van der Waals surface area contributed by atoms with Crippen molar-refractivity contribution in [3.05, 3.63) is 29.6 Å². The number of piperazine rings is 1. The lowest BCUT2D eigenvalue weighted by Gasteiger charge is -2.38. The Morgan fingerprint density at radius 3 is 2.50 bits per heavy atom. The molecule has 0 aromatic heterocycles. The van der Waals surface area contributed by atoms with Crippen LogP contribution >= 0.6 is 0 Å². The minimum Gasteiger partial charge on any atom is -0.342 e. The quantitative estimate of drug-likeness (QED) is 0.899. The molecule has 1 aromatic carbocycles. The number of carbonyl (C=O) groups is 2. The largest absolute Gasteiger partial charge is 0.342 e. The van der Waals surface area contributed by atoms with Gasteiger partial charge in [-0.2, -0.15) is 0 Å². The average molecular weight is 278 g/mol. The maximum absolute atomic E-state index is 14.1. The van der Waals surface area contributed by atoms with Crippen LogP contribution in [0.2, 0.25) is 0 Å². The van der Waals surface area contributed by atoms with Crippen LogP contribution in [0.3, 0.4) is 0 Å². The molecule has 1 aromatic rings. The zero-order valence-corrected chi connectivity index (χ0v) is 12.1. The van der Waals surface area contributed by atoms with Gasteiger partial charge >= 0.3 is 0 Å². The predicted octanol–water partition coefficient (Wildman–Crippen LogP) is 2.01. The number of halogens is 1. The van der Waals surface area contributed by atoms with Crippen LogP contribution < -0.4 is 10.2 Å². The zero-order valence-electron chi connectivity index (χ0n) is 12.1. The molecule has 2 rings (SSSR count). The molecular formula is C15H19FN2O2. The van der Waals surface area contributed by atoms with Gasteiger partial charge in [0.2, 0.25) is 5.91 Å². The van der Waals surface area contributed by atoms with Gasteiger partial charge in [0.25, 0.3) is 5.91 Å². The number of hydrogen-bond acceptors (Lipinski definition) is 2. The van der Waals surface area contributed by atoms with Gasteiger partial charge in [-0.05, 0) is 37.5 Å². The van der Waals surface area contributed by atoms with Crippen molar-refractivity contribution < 1.29 is 14.0 Å². The van der Waals surface area contributed by atoms with Gasteiger partial charge in [-0.15, -0.1) is 0 Å². The van der Waals surface area contributed by atoms with Crippen molar-refractivity contribution in [2.45, 2.75) is 39.8 Å². The molecular weight excluding hydrogens is 259 g/mol. The molecule has 2 unspecified atom stereocenters. The van der Waals surface area contributed by atoms with E-state index in [1.54, 1.807) is 26.0 Å². The van der Waals surface area contributed by atoms with Crippen molar-refractivity contribution in [1.82, 2.24) is 5.32 Å². The van der Waals surface area contributed by atoms with E-state index in [-0.39, 0.29) is 23.4 Å². The summed E-state index contributed by atoms with van der Waals surface area (Å²) in [5.41, 5.74) is 0.932. The Bertz CT molecular complexity index is 557. The van der Waals surface area contributed by atoms with Crippen molar-refractivity contribution in [2.24, 2.45) is 5.92 Å². The molecule has 2 amide bonds. The number of amides is 2. The highest BCUT2D eigenvalue weighted by atomic mass is 19.1. The highest BCUT2D eigenvalue weighted by Gasteiger charge is 2.41. The van der Waals surface area contributed by atoms with Gasteiger partial charge in [-0.25, -0.2) is 4.39 Å². The Morgan fingerprint density at radius 1 is 1.30 bits per heavy atom. The molecule has 20 heavy (non-hydrogen) atoms. The van der Waals surface area contributed by atoms with E-state index in [4.69, 9.17) is 0 Å². The van der Waals surface area contributed by atoms with Gasteiger partial charge < -0.3 is 5.32 Å². The van der Waals surface area contributed by atoms with Crippen LogP contribution in [-0.4, -0.2) is 23.9 Å². The summed E-state index contributed by atoms with van der Waals surface area (Å²) in [6.45, 7) is 7.08. The van der Waals surface area contributed by atoms with Crippen LogP contribution in [0.5, 0.6) is 0 Å². The fraction of sp³-hybridized carbons (Fsp3) is 0.467. The molecule has 1 aliphatic heterocycles. The van der Waals surface area contributed by atoms with Crippen molar-refractivity contribution in [1.29, 1.82) is 0 Å². The van der Waals surface area contributed by atoms with Crippen LogP contribution in [0.15, 0.2) is 18.2 Å². The monoisotopic (exact) mass is 278 g/mol. The molecule has 5 heteroatoms. The van der Waals surface area contributed by atoms with Crippen LogP contribution in [0, 0.1) is 18.7 Å². The Kier molecular flexibility index (Phi) is 3.79. The van der Waals surface area contributed by atoms with Crippen molar-refractivity contribution in [3.63, 3.8) is 0 Å². The summed E-state index contributed by atoms with van der Waals surface area (Å²) in [7, 11) is 0. The normalized spacial score (nSPS) is 23.2. The van der Waals surface area contributed by atoms with E-state index in [9.17, 15) is 14.0 Å². The number of benzene rings is 1. The molecule has 4 nitrogen and oxygen atoms in total. The zero-order chi connectivity index (χ0) is 15.0. The SMILES string of the molecule is Cc1ccc(N2C(=O)C(C(C)C)NC(=O)C2C)c(F)c1. The Labute approximate surface area is 118 Å². The smallest absolute Gasteiger partial charge is 0.250 e. The number of nitrogens with one attached hydrogen (secondary N) is 1. The number of aryl methyl sites for hydroxylation is 1. The summed E-state index contributed by atoms with van der Waals surface area (Å²) in [5.74, 6) is -1.06. The molecule has 1 N–H and O–H groups in total. The van der Waals surface area contributed by atoms with Crippen LogP contribution in [0.25, 0.3) is 0 Å². The van der Waals surface area contributed by atoms with Gasteiger partial charge in [-0.3, -0.25) is 14.5 Å². The maximum Gasteiger partial charge on any atom is 0.250 e. The van der Waals surface area contributed by atoms with E-state index < -0.39 is 17.9 Å². The molecule has 2 atom stereocenters. The lowest BCUT2D eigenvalue weighted by molar-refractivity contribution is -0.134. The first-order valence-corrected chi connectivity index (χ1v) is 6.72. The van der Waals surface area contributed by atoms with E-state index >= 15 is 0 Å². The number of carbonyl (C=O) groups excluding carboxylic acids is 2. The third-order valence-corrected chi connectivity index (χ3v) is 3.60. The number of nitrogens with zero attached hydrogens (tertiary/aromatic N) is 1. The van der Waals surface area contributed by atoms with Crippen molar-refractivity contribution >= 4 is 17.5 Å². The van der Waals surface area contributed by atoms with Crippen LogP contribution in [0.1, 0.15) is 26.3 Å². The molecule has 1 aliphatic rings. The number of rotatable bonds is 2. The van der Waals surface area contributed by atoms with Gasteiger partial charge in [-0.1, -0.05) is 19.9 Å². The maximum atomic E-state index is 14.1. The van der Waals surface area contributed by atoms with Crippen LogP contribution in [-0.2, 0) is 9.59 Å². The fourth-order valence-corrected chi connectivity index (χ4v) is 2.38.